The summed E-state index contributed by atoms with van der Waals surface area (Å²) in [5.74, 6) is -1.04. The van der Waals surface area contributed by atoms with E-state index in [0.717, 1.165) is 83.7 Å². The number of likely N-dealkylation sites (tertiary alicyclic amines) is 1. The Kier molecular flexibility index (Phi) is 16.2. The SMILES string of the molecule is CO[C@@H](C)c1ncc(N2CCN(C3CC3)CC2)cc1-c1c2c3cc(ccc3n1CCOC1CCOCC1)-c1csc(n1)[C@@H](OCC(F)F)[C@H](NC(=O)N1C[C@@H]3[C@H](C)OCC[C@@H]31)C(=O)N1CCC[C@H](N1)C(=O)OCC(C)(C)C2. The lowest BCUT2D eigenvalue weighted by Crippen LogP contribution is -2.68. The number of rotatable bonds is 13. The number of thiazole rings is 1. The van der Waals surface area contributed by atoms with E-state index in [4.69, 9.17) is 38.4 Å². The van der Waals surface area contributed by atoms with Crippen molar-refractivity contribution in [3.8, 4) is 22.5 Å². The second-order valence-corrected chi connectivity index (χ2v) is 23.7. The molecule has 3 aromatic heterocycles. The molecular formula is C56H75F2N9O9S. The highest BCUT2D eigenvalue weighted by atomic mass is 32.1. The highest BCUT2D eigenvalue weighted by molar-refractivity contribution is 7.10. The van der Waals surface area contributed by atoms with Crippen molar-refractivity contribution in [2.24, 2.45) is 11.3 Å². The van der Waals surface area contributed by atoms with Gasteiger partial charge in [0.2, 0.25) is 0 Å². The average Bonchev–Trinajstić information content (AvgIpc) is 4.24. The Morgan fingerprint density at radius 1 is 1.01 bits per heavy atom. The first-order valence-corrected chi connectivity index (χ1v) is 28.8. The number of fused-ring (bicyclic) bond motifs is 7. The molecular weight excluding hydrogens is 1010 g/mol. The number of urea groups is 1. The molecule has 11 rings (SSSR count). The molecule has 2 N–H and O–H groups in total. The Morgan fingerprint density at radius 2 is 1.82 bits per heavy atom. The number of carbonyl (C=O) groups is 3. The summed E-state index contributed by atoms with van der Waals surface area (Å²) in [6.45, 7) is 14.4. The number of esters is 1. The molecule has 77 heavy (non-hydrogen) atoms. The smallest absolute Gasteiger partial charge is 0.324 e. The number of anilines is 1. The Balaban J connectivity index is 1.04. The monoisotopic (exact) mass is 1090 g/mol. The third-order valence-electron chi connectivity index (χ3n) is 16.9. The first-order chi connectivity index (χ1) is 37.2. The molecule has 4 aromatic rings. The minimum Gasteiger partial charge on any atom is -0.464 e. The van der Waals surface area contributed by atoms with E-state index in [1.807, 2.05) is 31.5 Å². The maximum absolute atomic E-state index is 15.0. The summed E-state index contributed by atoms with van der Waals surface area (Å²) in [6, 6.07) is 6.17. The Labute approximate surface area is 453 Å². The number of amides is 3. The van der Waals surface area contributed by atoms with Crippen LogP contribution in [0, 0.1) is 11.3 Å². The molecule has 18 nitrogen and oxygen atoms in total. The minimum absolute atomic E-state index is 0.0363. The number of hydrogen-bond donors (Lipinski definition) is 2. The summed E-state index contributed by atoms with van der Waals surface area (Å²) in [6.07, 6.45) is 3.48. The number of benzene rings is 1. The van der Waals surface area contributed by atoms with E-state index in [-0.39, 0.29) is 48.4 Å². The second-order valence-electron chi connectivity index (χ2n) is 22.8. The molecule has 6 aliphatic heterocycles. The molecule has 9 heterocycles. The molecule has 0 spiro atoms. The van der Waals surface area contributed by atoms with Crippen LogP contribution >= 0.6 is 11.3 Å². The quantitative estimate of drug-likeness (QED) is 0.129. The number of pyridine rings is 1. The van der Waals surface area contributed by atoms with Gasteiger partial charge in [-0.05, 0) is 89.0 Å². The van der Waals surface area contributed by atoms with Crippen molar-refractivity contribution in [2.75, 3.05) is 90.9 Å². The number of hydrogen-bond acceptors (Lipinski definition) is 15. The zero-order chi connectivity index (χ0) is 53.5. The number of halogens is 2. The van der Waals surface area contributed by atoms with Crippen molar-refractivity contribution in [1.29, 1.82) is 0 Å². The zero-order valence-electron chi connectivity index (χ0n) is 45.1. The van der Waals surface area contributed by atoms with Crippen LogP contribution < -0.4 is 15.6 Å². The van der Waals surface area contributed by atoms with Crippen LogP contribution in [0.2, 0.25) is 0 Å². The lowest BCUT2D eigenvalue weighted by molar-refractivity contribution is -0.156. The molecule has 1 aliphatic carbocycles. The lowest BCUT2D eigenvalue weighted by atomic mass is 9.81. The molecule has 3 amide bonds. The summed E-state index contributed by atoms with van der Waals surface area (Å²) >= 11 is 1.17. The lowest BCUT2D eigenvalue weighted by Gasteiger charge is -2.53. The van der Waals surface area contributed by atoms with Gasteiger partial charge in [-0.15, -0.1) is 11.3 Å². The summed E-state index contributed by atoms with van der Waals surface area (Å²) in [7, 11) is 1.70. The number of ether oxygens (including phenoxy) is 6. The number of hydrazine groups is 1. The zero-order valence-corrected chi connectivity index (χ0v) is 45.9. The predicted molar refractivity (Wildman–Crippen MR) is 286 cm³/mol. The van der Waals surface area contributed by atoms with Crippen molar-refractivity contribution in [3.05, 3.63) is 52.1 Å². The molecule has 0 unspecified atom stereocenters. The van der Waals surface area contributed by atoms with Crippen LogP contribution in [0.1, 0.15) is 101 Å². The maximum Gasteiger partial charge on any atom is 0.324 e. The third kappa shape index (κ3) is 11.6. The van der Waals surface area contributed by atoms with Gasteiger partial charge in [-0.2, -0.15) is 0 Å². The third-order valence-corrected chi connectivity index (χ3v) is 17.8. The summed E-state index contributed by atoms with van der Waals surface area (Å²) in [4.78, 5) is 60.6. The standard InChI is InChI=1S/C56H75F2N9O9S/c1-33-42-29-66(46(42)14-23-73-33)55(70)61-49-51(75-30-47(57)58)52-60-44(31-77-52)35-8-11-45-39(25-35)41(27-56(3,4)32-76-54(69)43-7-6-15-67(62-43)53(49)68)50(65(45)20-24-74-38-12-21-72-22-13-38)40-26-37(28-59-48(40)34(2)71-5)64-18-16-63(17-19-64)36-9-10-36/h8,11,25-26,28,31,33-34,36,38,42-43,46-47,49,51,62H,6-7,9-10,12-24,27,29-30,32H2,1-5H3,(H,61,70)/t33-,34-,42+,43-,46-,49-,51-/m0/s1. The molecule has 1 aromatic carbocycles. The van der Waals surface area contributed by atoms with Crippen LogP contribution in [0.4, 0.5) is 19.3 Å². The van der Waals surface area contributed by atoms with Gasteiger partial charge in [0.05, 0.1) is 60.5 Å². The van der Waals surface area contributed by atoms with Gasteiger partial charge >= 0.3 is 12.0 Å². The van der Waals surface area contributed by atoms with Crippen molar-refractivity contribution in [2.45, 2.75) is 141 Å². The van der Waals surface area contributed by atoms with Gasteiger partial charge in [-0.1, -0.05) is 19.9 Å². The van der Waals surface area contributed by atoms with Gasteiger partial charge in [-0.3, -0.25) is 24.5 Å². The van der Waals surface area contributed by atoms with E-state index in [9.17, 15) is 23.2 Å². The van der Waals surface area contributed by atoms with Crippen LogP contribution in [0.5, 0.6) is 0 Å². The van der Waals surface area contributed by atoms with Crippen LogP contribution in [0.15, 0.2) is 35.8 Å². The number of piperazine rings is 1. The van der Waals surface area contributed by atoms with Crippen LogP contribution in [0.3, 0.4) is 0 Å². The molecule has 0 radical (unpaired) electrons. The molecule has 5 saturated heterocycles. The fraction of sp³-hybridized carbons (Fsp3) is 0.661. The fourth-order valence-corrected chi connectivity index (χ4v) is 13.3. The number of methoxy groups -OCH3 is 1. The number of nitrogens with one attached hydrogen (secondary N) is 2. The predicted octanol–water partition coefficient (Wildman–Crippen LogP) is 7.15. The van der Waals surface area contributed by atoms with Crippen molar-refractivity contribution < 1.29 is 51.6 Å². The van der Waals surface area contributed by atoms with Gasteiger partial charge in [-0.25, -0.2) is 24.0 Å². The number of alkyl halides is 2. The average molecular weight is 1090 g/mol. The van der Waals surface area contributed by atoms with Crippen molar-refractivity contribution in [1.82, 2.24) is 40.1 Å². The summed E-state index contributed by atoms with van der Waals surface area (Å²) < 4.78 is 67.4. The van der Waals surface area contributed by atoms with Gasteiger partial charge in [0.25, 0.3) is 12.3 Å². The Hall–Kier alpha value is -4.87. The number of cyclic esters (lactones) is 1. The molecule has 6 fully saturated rings. The van der Waals surface area contributed by atoms with Crippen molar-refractivity contribution in [3.63, 3.8) is 0 Å². The topological polar surface area (TPSA) is 174 Å². The fourth-order valence-electron chi connectivity index (χ4n) is 12.3. The van der Waals surface area contributed by atoms with Gasteiger partial charge in [0.1, 0.15) is 29.8 Å². The Morgan fingerprint density at radius 3 is 2.58 bits per heavy atom. The molecule has 418 valence electrons. The van der Waals surface area contributed by atoms with E-state index >= 15 is 0 Å². The molecule has 21 heteroatoms. The maximum atomic E-state index is 15.0. The highest BCUT2D eigenvalue weighted by Gasteiger charge is 2.49. The second kappa shape index (κ2) is 23.1. The Bertz CT molecular complexity index is 2760. The largest absolute Gasteiger partial charge is 0.464 e. The normalized spacial score (nSPS) is 27.0. The van der Waals surface area contributed by atoms with Gasteiger partial charge in [0, 0.05) is 124 Å². The van der Waals surface area contributed by atoms with E-state index < -0.39 is 54.5 Å². The van der Waals surface area contributed by atoms with E-state index in [0.29, 0.717) is 76.9 Å². The summed E-state index contributed by atoms with van der Waals surface area (Å²) in [5, 5.41) is 7.25. The first kappa shape index (κ1) is 54.1. The van der Waals surface area contributed by atoms with Gasteiger partial charge < -0.3 is 48.1 Å². The number of nitrogens with zero attached hydrogens (tertiary/aromatic N) is 7. The van der Waals surface area contributed by atoms with E-state index in [1.54, 1.807) is 12.0 Å². The van der Waals surface area contributed by atoms with E-state index in [1.165, 1.54) is 29.2 Å². The number of aromatic nitrogens is 3. The number of carbonyl (C=O) groups excluding carboxylic acids is 3. The van der Waals surface area contributed by atoms with Crippen LogP contribution in [0.25, 0.3) is 33.4 Å². The molecule has 1 saturated carbocycles. The highest BCUT2D eigenvalue weighted by Crippen LogP contribution is 2.44. The van der Waals surface area contributed by atoms with Gasteiger partial charge in [0.15, 0.2) is 0 Å². The van der Waals surface area contributed by atoms with Crippen LogP contribution in [-0.2, 0) is 51.0 Å². The molecule has 7 aliphatic rings. The first-order valence-electron chi connectivity index (χ1n) is 27.9. The van der Waals surface area contributed by atoms with Crippen LogP contribution in [-0.4, -0.2) is 176 Å². The van der Waals surface area contributed by atoms with E-state index in [2.05, 4.69) is 57.2 Å². The van der Waals surface area contributed by atoms with Crippen molar-refractivity contribution >= 4 is 45.8 Å². The molecule has 7 atom stereocenters. The molecule has 6 bridgehead atoms. The minimum atomic E-state index is -2.88. The summed E-state index contributed by atoms with van der Waals surface area (Å²) in [5.41, 5.74) is 9.49.